The summed E-state index contributed by atoms with van der Waals surface area (Å²) in [5, 5.41) is 0.496. The molecule has 0 aliphatic rings. The maximum Gasteiger partial charge on any atom is 0.411 e. The number of fused-ring (bicyclic) bond motifs is 1. The third-order valence-electron chi connectivity index (χ3n) is 2.59. The van der Waals surface area contributed by atoms with E-state index in [1.807, 2.05) is 0 Å². The molecule has 2 aromatic rings. The zero-order valence-electron chi connectivity index (χ0n) is 10.2. The number of alkyl halides is 3. The van der Waals surface area contributed by atoms with Crippen molar-refractivity contribution in [2.45, 2.75) is 12.2 Å². The minimum absolute atomic E-state index is 0.273. The average molecular weight is 292 g/mol. The zero-order chi connectivity index (χ0) is 14.8. The molecule has 0 radical (unpaired) electrons. The maximum atomic E-state index is 13.0. The van der Waals surface area contributed by atoms with E-state index in [0.717, 1.165) is 0 Å². The summed E-state index contributed by atoms with van der Waals surface area (Å²) < 4.78 is 58.9. The van der Waals surface area contributed by atoms with Crippen LogP contribution in [-0.4, -0.2) is 19.4 Å². The molecular weight excluding hydrogens is 280 g/mol. The van der Waals surface area contributed by atoms with Crippen molar-refractivity contribution in [1.82, 2.24) is 5.43 Å². The first kappa shape index (κ1) is 14.8. The Balaban J connectivity index is 2.09. The van der Waals surface area contributed by atoms with E-state index in [1.165, 1.54) is 24.3 Å². The van der Waals surface area contributed by atoms with E-state index in [9.17, 15) is 17.6 Å². The van der Waals surface area contributed by atoms with Crippen LogP contribution >= 0.6 is 0 Å². The predicted octanol–water partition coefficient (Wildman–Crippen LogP) is 2.66. The topological polar surface area (TPSA) is 60.4 Å². The summed E-state index contributed by atoms with van der Waals surface area (Å²) in [5.74, 6) is 5.10. The molecule has 0 saturated heterocycles. The van der Waals surface area contributed by atoms with E-state index in [1.54, 1.807) is 0 Å². The number of nitrogens with one attached hydrogen (secondary N) is 1. The van der Waals surface area contributed by atoms with Crippen LogP contribution in [0.2, 0.25) is 0 Å². The van der Waals surface area contributed by atoms with Crippen molar-refractivity contribution in [3.8, 4) is 0 Å². The second kappa shape index (κ2) is 5.78. The minimum Gasteiger partial charge on any atom is -0.459 e. The van der Waals surface area contributed by atoms with Crippen LogP contribution in [0.15, 0.2) is 28.7 Å². The van der Waals surface area contributed by atoms with Crippen LogP contribution < -0.4 is 11.3 Å². The summed E-state index contributed by atoms with van der Waals surface area (Å²) in [4.78, 5) is 0. The Bertz CT molecular complexity index is 582. The third-order valence-corrected chi connectivity index (χ3v) is 2.59. The molecule has 8 heteroatoms. The van der Waals surface area contributed by atoms with Gasteiger partial charge in [0.1, 0.15) is 29.8 Å². The number of furan rings is 1. The highest BCUT2D eigenvalue weighted by Crippen LogP contribution is 2.25. The van der Waals surface area contributed by atoms with Crippen molar-refractivity contribution >= 4 is 11.0 Å². The fourth-order valence-corrected chi connectivity index (χ4v) is 1.71. The first-order chi connectivity index (χ1) is 9.39. The number of hydrazine groups is 1. The average Bonchev–Trinajstić information content (AvgIpc) is 2.75. The second-order valence-electron chi connectivity index (χ2n) is 4.18. The van der Waals surface area contributed by atoms with E-state index in [2.05, 4.69) is 10.2 Å². The molecule has 1 atom stereocenters. The highest BCUT2D eigenvalue weighted by molar-refractivity contribution is 5.78. The molecule has 20 heavy (non-hydrogen) atoms. The fraction of sp³-hybridized carbons (Fsp3) is 0.333. The van der Waals surface area contributed by atoms with E-state index >= 15 is 0 Å². The molecular formula is C12H12F4N2O2. The van der Waals surface area contributed by atoms with E-state index in [4.69, 9.17) is 10.3 Å². The van der Waals surface area contributed by atoms with Gasteiger partial charge in [0.05, 0.1) is 6.61 Å². The Labute approximate surface area is 111 Å². The van der Waals surface area contributed by atoms with Gasteiger partial charge in [0.25, 0.3) is 0 Å². The van der Waals surface area contributed by atoms with Gasteiger partial charge < -0.3 is 9.15 Å². The molecule has 0 aliphatic heterocycles. The standard InChI is InChI=1S/C12H12F4N2O2/c13-8-1-2-10-7(3-8)4-11(20-10)9(18-17)5-19-6-12(14,15)16/h1-4,9,18H,5-6,17H2. The lowest BCUT2D eigenvalue weighted by Gasteiger charge is -2.14. The van der Waals surface area contributed by atoms with Gasteiger partial charge in [0.2, 0.25) is 0 Å². The van der Waals surface area contributed by atoms with Crippen molar-refractivity contribution in [3.63, 3.8) is 0 Å². The molecule has 4 nitrogen and oxygen atoms in total. The van der Waals surface area contributed by atoms with Crippen LogP contribution in [-0.2, 0) is 4.74 Å². The van der Waals surface area contributed by atoms with Gasteiger partial charge in [-0.3, -0.25) is 5.84 Å². The quantitative estimate of drug-likeness (QED) is 0.505. The van der Waals surface area contributed by atoms with Crippen LogP contribution in [0, 0.1) is 5.82 Å². The normalized spacial score (nSPS) is 13.8. The number of ether oxygens (including phenoxy) is 1. The van der Waals surface area contributed by atoms with Crippen LogP contribution in [0.25, 0.3) is 11.0 Å². The minimum atomic E-state index is -4.41. The Morgan fingerprint density at radius 3 is 2.70 bits per heavy atom. The van der Waals surface area contributed by atoms with Gasteiger partial charge in [-0.2, -0.15) is 13.2 Å². The van der Waals surface area contributed by atoms with Gasteiger partial charge in [0, 0.05) is 5.39 Å². The van der Waals surface area contributed by atoms with Gasteiger partial charge in [-0.05, 0) is 24.3 Å². The molecule has 0 spiro atoms. The Kier molecular flexibility index (Phi) is 4.26. The van der Waals surface area contributed by atoms with Gasteiger partial charge >= 0.3 is 6.18 Å². The molecule has 0 fully saturated rings. The van der Waals surface area contributed by atoms with Gasteiger partial charge in [0.15, 0.2) is 0 Å². The lowest BCUT2D eigenvalue weighted by molar-refractivity contribution is -0.175. The van der Waals surface area contributed by atoms with E-state index in [0.29, 0.717) is 11.0 Å². The van der Waals surface area contributed by atoms with E-state index in [-0.39, 0.29) is 12.4 Å². The van der Waals surface area contributed by atoms with Crippen LogP contribution in [0.3, 0.4) is 0 Å². The molecule has 1 unspecified atom stereocenters. The largest absolute Gasteiger partial charge is 0.459 e. The monoisotopic (exact) mass is 292 g/mol. The summed E-state index contributed by atoms with van der Waals surface area (Å²) in [6.07, 6.45) is -4.41. The molecule has 1 aromatic heterocycles. The maximum absolute atomic E-state index is 13.0. The van der Waals surface area contributed by atoms with Gasteiger partial charge in [-0.25, -0.2) is 9.82 Å². The summed E-state index contributed by atoms with van der Waals surface area (Å²) >= 11 is 0. The number of hydrogen-bond donors (Lipinski definition) is 2. The lowest BCUT2D eigenvalue weighted by Crippen LogP contribution is -2.32. The zero-order valence-corrected chi connectivity index (χ0v) is 10.2. The molecule has 0 aliphatic carbocycles. The first-order valence-electron chi connectivity index (χ1n) is 5.68. The first-order valence-corrected chi connectivity index (χ1v) is 5.68. The van der Waals surface area contributed by atoms with Crippen molar-refractivity contribution in [2.75, 3.05) is 13.2 Å². The summed E-state index contributed by atoms with van der Waals surface area (Å²) in [6.45, 7) is -1.70. The van der Waals surface area contributed by atoms with Crippen LogP contribution in [0.1, 0.15) is 11.8 Å². The van der Waals surface area contributed by atoms with Crippen LogP contribution in [0.5, 0.6) is 0 Å². The molecule has 110 valence electrons. The Morgan fingerprint density at radius 2 is 2.05 bits per heavy atom. The number of nitrogens with two attached hydrogens (primary N) is 1. The number of rotatable bonds is 5. The third kappa shape index (κ3) is 3.69. The lowest BCUT2D eigenvalue weighted by atomic mass is 10.2. The Hall–Kier alpha value is -1.64. The number of hydrogen-bond acceptors (Lipinski definition) is 4. The highest BCUT2D eigenvalue weighted by atomic mass is 19.4. The summed E-state index contributed by atoms with van der Waals surface area (Å²) in [5.41, 5.74) is 2.71. The smallest absolute Gasteiger partial charge is 0.411 e. The van der Waals surface area contributed by atoms with Gasteiger partial charge in [-0.15, -0.1) is 0 Å². The molecule has 3 N–H and O–H groups in total. The van der Waals surface area contributed by atoms with Gasteiger partial charge in [-0.1, -0.05) is 0 Å². The van der Waals surface area contributed by atoms with Crippen molar-refractivity contribution in [2.24, 2.45) is 5.84 Å². The highest BCUT2D eigenvalue weighted by Gasteiger charge is 2.28. The number of halogens is 4. The van der Waals surface area contributed by atoms with Crippen molar-refractivity contribution in [1.29, 1.82) is 0 Å². The summed E-state index contributed by atoms with van der Waals surface area (Å²) in [7, 11) is 0. The molecule has 1 aromatic carbocycles. The van der Waals surface area contributed by atoms with Crippen molar-refractivity contribution < 1.29 is 26.7 Å². The molecule has 2 rings (SSSR count). The molecule has 0 bridgehead atoms. The molecule has 0 saturated carbocycles. The molecule has 0 amide bonds. The van der Waals surface area contributed by atoms with E-state index < -0.39 is 24.6 Å². The number of benzene rings is 1. The molecule has 1 heterocycles. The van der Waals surface area contributed by atoms with Crippen molar-refractivity contribution in [3.05, 3.63) is 35.8 Å². The fourth-order valence-electron chi connectivity index (χ4n) is 1.71. The SMILES string of the molecule is NNC(COCC(F)(F)F)c1cc2cc(F)ccc2o1. The predicted molar refractivity (Wildman–Crippen MR) is 63.1 cm³/mol. The van der Waals surface area contributed by atoms with Crippen LogP contribution in [0.4, 0.5) is 17.6 Å². The second-order valence-corrected chi connectivity index (χ2v) is 4.18. The Morgan fingerprint density at radius 1 is 1.30 bits per heavy atom. The summed E-state index contributed by atoms with van der Waals surface area (Å²) in [6, 6.07) is 4.65.